The minimum atomic E-state index is -1.38. The summed E-state index contributed by atoms with van der Waals surface area (Å²) in [5, 5.41) is 1.97. The van der Waals surface area contributed by atoms with Crippen LogP contribution in [0, 0.1) is 23.3 Å². The second-order valence-electron chi connectivity index (χ2n) is 4.46. The van der Waals surface area contributed by atoms with Crippen LogP contribution in [0.5, 0.6) is 0 Å². The van der Waals surface area contributed by atoms with Gasteiger partial charge >= 0.3 is 0 Å². The van der Waals surface area contributed by atoms with Crippen molar-refractivity contribution < 1.29 is 4.79 Å². The Morgan fingerprint density at radius 3 is 2.71 bits per heavy atom. The monoisotopic (exact) mass is 258 g/mol. The standard InChI is InChI=1S/C14H14OSSi/c1-17(2,3)12-5-4-7-13(15)9-10-14-8-6-11-16-14/h6,8-11H,1-3H3/b10-9+. The smallest absolute Gasteiger partial charge is 0.229 e. The summed E-state index contributed by atoms with van der Waals surface area (Å²) in [7, 11) is -1.38. The van der Waals surface area contributed by atoms with E-state index in [0.29, 0.717) is 0 Å². The molecule has 1 nitrogen and oxygen atoms in total. The number of thiophene rings is 1. The Morgan fingerprint density at radius 2 is 2.12 bits per heavy atom. The van der Waals surface area contributed by atoms with Gasteiger partial charge in [-0.3, -0.25) is 4.79 Å². The van der Waals surface area contributed by atoms with Crippen molar-refractivity contribution in [1.82, 2.24) is 0 Å². The van der Waals surface area contributed by atoms with E-state index < -0.39 is 8.07 Å². The molecule has 0 amide bonds. The van der Waals surface area contributed by atoms with E-state index in [2.05, 4.69) is 42.9 Å². The van der Waals surface area contributed by atoms with Crippen LogP contribution in [0.4, 0.5) is 0 Å². The molecule has 0 atom stereocenters. The zero-order valence-corrected chi connectivity index (χ0v) is 12.0. The molecule has 0 N–H and O–H groups in total. The van der Waals surface area contributed by atoms with Gasteiger partial charge in [-0.1, -0.05) is 25.7 Å². The third-order valence-electron chi connectivity index (χ3n) is 1.63. The van der Waals surface area contributed by atoms with Crippen LogP contribution in [0.15, 0.2) is 23.6 Å². The molecule has 0 aliphatic carbocycles. The maximum absolute atomic E-state index is 11.4. The van der Waals surface area contributed by atoms with Crippen molar-refractivity contribution in [2.45, 2.75) is 19.6 Å². The summed E-state index contributed by atoms with van der Waals surface area (Å²) in [5.74, 6) is 7.64. The maximum Gasteiger partial charge on any atom is 0.229 e. The molecular formula is C14H14OSSi. The third kappa shape index (κ3) is 6.58. The van der Waals surface area contributed by atoms with E-state index in [1.54, 1.807) is 17.4 Å². The van der Waals surface area contributed by atoms with Crippen LogP contribution in [-0.4, -0.2) is 13.9 Å². The number of hydrogen-bond acceptors (Lipinski definition) is 2. The molecule has 0 saturated heterocycles. The van der Waals surface area contributed by atoms with Crippen molar-refractivity contribution in [2.75, 3.05) is 0 Å². The van der Waals surface area contributed by atoms with Crippen LogP contribution in [-0.2, 0) is 4.79 Å². The first kappa shape index (κ1) is 13.5. The molecule has 0 aromatic carbocycles. The summed E-state index contributed by atoms with van der Waals surface area (Å²) in [6, 6.07) is 3.90. The van der Waals surface area contributed by atoms with E-state index in [0.717, 1.165) is 4.88 Å². The molecule has 1 aromatic rings. The summed E-state index contributed by atoms with van der Waals surface area (Å²) in [6.45, 7) is 6.42. The van der Waals surface area contributed by atoms with Gasteiger partial charge in [-0.25, -0.2) is 0 Å². The fourth-order valence-corrected chi connectivity index (χ4v) is 1.95. The van der Waals surface area contributed by atoms with Gasteiger partial charge in [0, 0.05) is 4.88 Å². The molecule has 1 rings (SSSR count). The van der Waals surface area contributed by atoms with Crippen LogP contribution >= 0.6 is 11.3 Å². The Labute approximate surface area is 108 Å². The quantitative estimate of drug-likeness (QED) is 0.344. The zero-order valence-electron chi connectivity index (χ0n) is 10.2. The van der Waals surface area contributed by atoms with E-state index in [9.17, 15) is 4.79 Å². The number of allylic oxidation sites excluding steroid dienone is 1. The lowest BCUT2D eigenvalue weighted by atomic mass is 10.3. The third-order valence-corrected chi connectivity index (χ3v) is 3.34. The van der Waals surface area contributed by atoms with Gasteiger partial charge in [-0.05, 0) is 41.4 Å². The largest absolute Gasteiger partial charge is 0.280 e. The lowest BCUT2D eigenvalue weighted by molar-refractivity contribution is -0.109. The molecule has 0 aliphatic rings. The molecule has 17 heavy (non-hydrogen) atoms. The zero-order chi connectivity index (χ0) is 12.7. The van der Waals surface area contributed by atoms with Crippen molar-refractivity contribution in [3.63, 3.8) is 0 Å². The number of carbonyl (C=O) groups is 1. The SMILES string of the molecule is C[Si](C)(C)C#CC#CC(=O)/C=C/c1cccs1. The molecule has 1 heterocycles. The Kier molecular flexibility index (Phi) is 4.97. The molecule has 0 saturated carbocycles. The molecular weight excluding hydrogens is 244 g/mol. The number of hydrogen-bond donors (Lipinski definition) is 0. The Morgan fingerprint density at radius 1 is 1.35 bits per heavy atom. The molecule has 0 unspecified atom stereocenters. The summed E-state index contributed by atoms with van der Waals surface area (Å²) < 4.78 is 0. The van der Waals surface area contributed by atoms with Crippen LogP contribution < -0.4 is 0 Å². The summed E-state index contributed by atoms with van der Waals surface area (Å²) in [6.07, 6.45) is 3.25. The highest BCUT2D eigenvalue weighted by molar-refractivity contribution is 7.10. The number of carbonyl (C=O) groups excluding carboxylic acids is 1. The lowest BCUT2D eigenvalue weighted by Gasteiger charge is -2.01. The van der Waals surface area contributed by atoms with Crippen molar-refractivity contribution in [2.24, 2.45) is 0 Å². The first-order valence-electron chi connectivity index (χ1n) is 5.26. The lowest BCUT2D eigenvalue weighted by Crippen LogP contribution is -2.16. The summed E-state index contributed by atoms with van der Waals surface area (Å²) in [4.78, 5) is 12.4. The topological polar surface area (TPSA) is 17.1 Å². The Balaban J connectivity index is 2.56. The van der Waals surface area contributed by atoms with Gasteiger partial charge in [0.05, 0.1) is 0 Å². The number of rotatable bonds is 2. The van der Waals surface area contributed by atoms with Gasteiger partial charge in [0.15, 0.2) is 0 Å². The molecule has 0 aliphatic heterocycles. The first-order valence-corrected chi connectivity index (χ1v) is 9.64. The highest BCUT2D eigenvalue weighted by Gasteiger charge is 2.06. The molecule has 0 fully saturated rings. The maximum atomic E-state index is 11.4. The fraction of sp³-hybridized carbons (Fsp3) is 0.214. The van der Waals surface area contributed by atoms with Crippen molar-refractivity contribution in [1.29, 1.82) is 0 Å². The molecule has 1 aromatic heterocycles. The average molecular weight is 258 g/mol. The Hall–Kier alpha value is -1.55. The van der Waals surface area contributed by atoms with Crippen LogP contribution in [0.25, 0.3) is 6.08 Å². The Bertz CT molecular complexity index is 525. The molecule has 86 valence electrons. The van der Waals surface area contributed by atoms with E-state index in [1.165, 1.54) is 6.08 Å². The molecule has 0 radical (unpaired) electrons. The first-order chi connectivity index (χ1) is 7.97. The van der Waals surface area contributed by atoms with Crippen LogP contribution in [0.3, 0.4) is 0 Å². The number of ketones is 1. The van der Waals surface area contributed by atoms with Gasteiger partial charge in [0.1, 0.15) is 8.07 Å². The van der Waals surface area contributed by atoms with Gasteiger partial charge in [0.25, 0.3) is 0 Å². The van der Waals surface area contributed by atoms with Crippen molar-refractivity contribution in [3.05, 3.63) is 28.5 Å². The summed E-state index contributed by atoms with van der Waals surface area (Å²) in [5.41, 5.74) is 3.09. The fourth-order valence-electron chi connectivity index (χ4n) is 0.897. The van der Waals surface area contributed by atoms with E-state index in [4.69, 9.17) is 0 Å². The highest BCUT2D eigenvalue weighted by atomic mass is 32.1. The predicted octanol–water partition coefficient (Wildman–Crippen LogP) is 3.21. The second kappa shape index (κ2) is 6.25. The summed E-state index contributed by atoms with van der Waals surface area (Å²) >= 11 is 1.59. The minimum absolute atomic E-state index is 0.205. The van der Waals surface area contributed by atoms with Gasteiger partial charge in [0.2, 0.25) is 5.78 Å². The van der Waals surface area contributed by atoms with E-state index in [-0.39, 0.29) is 5.78 Å². The second-order valence-corrected chi connectivity index (χ2v) is 10.2. The van der Waals surface area contributed by atoms with Crippen molar-refractivity contribution in [3.8, 4) is 23.3 Å². The predicted molar refractivity (Wildman–Crippen MR) is 77.3 cm³/mol. The van der Waals surface area contributed by atoms with Crippen molar-refractivity contribution >= 4 is 31.3 Å². The van der Waals surface area contributed by atoms with Crippen LogP contribution in [0.1, 0.15) is 4.88 Å². The molecule has 0 spiro atoms. The minimum Gasteiger partial charge on any atom is -0.280 e. The average Bonchev–Trinajstić information content (AvgIpc) is 2.73. The van der Waals surface area contributed by atoms with E-state index >= 15 is 0 Å². The van der Waals surface area contributed by atoms with Gasteiger partial charge in [-0.15, -0.1) is 16.9 Å². The van der Waals surface area contributed by atoms with Crippen LogP contribution in [0.2, 0.25) is 19.6 Å². The normalized spacial score (nSPS) is 10.3. The van der Waals surface area contributed by atoms with Gasteiger partial charge < -0.3 is 0 Å². The van der Waals surface area contributed by atoms with E-state index in [1.807, 2.05) is 17.5 Å². The highest BCUT2D eigenvalue weighted by Crippen LogP contribution is 2.09. The molecule has 3 heteroatoms. The van der Waals surface area contributed by atoms with Gasteiger partial charge in [-0.2, -0.15) is 0 Å². The molecule has 0 bridgehead atoms.